The van der Waals surface area contributed by atoms with Crippen LogP contribution >= 0.6 is 11.3 Å². The van der Waals surface area contributed by atoms with Crippen LogP contribution in [-0.2, 0) is 4.74 Å². The summed E-state index contributed by atoms with van der Waals surface area (Å²) in [6.07, 6.45) is 0.875. The standard InChI is InChI=1S/C11H21N5O2S/c1-13-4-3-5-14-10(17)8-9(12)16-11(19-8)15-6-7-18-2/h13H,3-7,12H2,1-2H3,(H,14,17)(H,15,16). The number of ether oxygens (including phenoxy) is 1. The number of carbonyl (C=O) groups excluding carboxylic acids is 1. The molecular weight excluding hydrogens is 266 g/mol. The van der Waals surface area contributed by atoms with E-state index >= 15 is 0 Å². The molecule has 0 radical (unpaired) electrons. The van der Waals surface area contributed by atoms with Crippen LogP contribution in [0.15, 0.2) is 0 Å². The minimum absolute atomic E-state index is 0.175. The van der Waals surface area contributed by atoms with Gasteiger partial charge in [0.1, 0.15) is 10.7 Å². The number of nitrogen functional groups attached to an aromatic ring is 1. The fourth-order valence-electron chi connectivity index (χ4n) is 1.38. The number of nitrogens with zero attached hydrogens (tertiary/aromatic N) is 1. The van der Waals surface area contributed by atoms with E-state index in [-0.39, 0.29) is 11.7 Å². The normalized spacial score (nSPS) is 10.4. The molecule has 1 amide bonds. The molecule has 5 N–H and O–H groups in total. The van der Waals surface area contributed by atoms with E-state index in [2.05, 4.69) is 20.9 Å². The summed E-state index contributed by atoms with van der Waals surface area (Å²) in [4.78, 5) is 16.4. The van der Waals surface area contributed by atoms with Crippen LogP contribution in [-0.4, -0.2) is 51.3 Å². The molecule has 0 atom stereocenters. The highest BCUT2D eigenvalue weighted by atomic mass is 32.1. The second-order valence-electron chi connectivity index (χ2n) is 3.87. The van der Waals surface area contributed by atoms with Crippen molar-refractivity contribution in [3.63, 3.8) is 0 Å². The Morgan fingerprint density at radius 1 is 1.42 bits per heavy atom. The van der Waals surface area contributed by atoms with E-state index in [9.17, 15) is 4.79 Å². The van der Waals surface area contributed by atoms with Gasteiger partial charge in [0.25, 0.3) is 5.91 Å². The van der Waals surface area contributed by atoms with Crippen molar-refractivity contribution in [3.05, 3.63) is 4.88 Å². The number of amides is 1. The first kappa shape index (κ1) is 15.7. The topological polar surface area (TPSA) is 101 Å². The Hall–Kier alpha value is -1.38. The van der Waals surface area contributed by atoms with Crippen molar-refractivity contribution in [2.45, 2.75) is 6.42 Å². The molecule has 108 valence electrons. The molecular formula is C11H21N5O2S. The maximum absolute atomic E-state index is 11.9. The lowest BCUT2D eigenvalue weighted by molar-refractivity contribution is 0.0958. The first-order valence-electron chi connectivity index (χ1n) is 6.11. The summed E-state index contributed by atoms with van der Waals surface area (Å²) in [5.74, 6) is 0.0851. The Balaban J connectivity index is 2.45. The molecule has 0 saturated heterocycles. The molecule has 7 nitrogen and oxygen atoms in total. The molecule has 0 unspecified atom stereocenters. The lowest BCUT2D eigenvalue weighted by Crippen LogP contribution is -2.26. The van der Waals surface area contributed by atoms with Crippen molar-refractivity contribution in [3.8, 4) is 0 Å². The fourth-order valence-corrected chi connectivity index (χ4v) is 2.20. The Morgan fingerprint density at radius 2 is 2.21 bits per heavy atom. The summed E-state index contributed by atoms with van der Waals surface area (Å²) in [6, 6.07) is 0. The number of thiazole rings is 1. The van der Waals surface area contributed by atoms with Gasteiger partial charge < -0.3 is 26.4 Å². The smallest absolute Gasteiger partial charge is 0.265 e. The summed E-state index contributed by atoms with van der Waals surface area (Å²) in [6.45, 7) is 2.68. The summed E-state index contributed by atoms with van der Waals surface area (Å²) in [5, 5.41) is 9.52. The monoisotopic (exact) mass is 287 g/mol. The predicted molar refractivity (Wildman–Crippen MR) is 77.8 cm³/mol. The lowest BCUT2D eigenvalue weighted by atomic mass is 10.4. The number of carbonyl (C=O) groups is 1. The zero-order valence-electron chi connectivity index (χ0n) is 11.3. The number of methoxy groups -OCH3 is 1. The average Bonchev–Trinajstić information content (AvgIpc) is 2.76. The summed E-state index contributed by atoms with van der Waals surface area (Å²) < 4.78 is 4.92. The molecule has 0 aliphatic heterocycles. The highest BCUT2D eigenvalue weighted by Crippen LogP contribution is 2.24. The van der Waals surface area contributed by atoms with Crippen LogP contribution in [0.2, 0.25) is 0 Å². The molecule has 0 aromatic carbocycles. The Kier molecular flexibility index (Phi) is 7.16. The number of anilines is 2. The Labute approximate surface area is 116 Å². The largest absolute Gasteiger partial charge is 0.383 e. The molecule has 0 bridgehead atoms. The SMILES string of the molecule is CNCCCNC(=O)c1sc(NCCOC)nc1N. The maximum Gasteiger partial charge on any atom is 0.265 e. The minimum atomic E-state index is -0.175. The van der Waals surface area contributed by atoms with Crippen molar-refractivity contribution >= 4 is 28.2 Å². The third-order valence-electron chi connectivity index (χ3n) is 2.33. The first-order valence-corrected chi connectivity index (χ1v) is 6.92. The van der Waals surface area contributed by atoms with Gasteiger partial charge in [-0.05, 0) is 20.0 Å². The van der Waals surface area contributed by atoms with E-state index in [4.69, 9.17) is 10.5 Å². The number of hydrogen-bond donors (Lipinski definition) is 4. The third-order valence-corrected chi connectivity index (χ3v) is 3.36. The molecule has 1 aromatic rings. The van der Waals surface area contributed by atoms with Crippen LogP contribution in [0.3, 0.4) is 0 Å². The molecule has 8 heteroatoms. The van der Waals surface area contributed by atoms with Crippen LogP contribution < -0.4 is 21.7 Å². The number of rotatable bonds is 9. The van der Waals surface area contributed by atoms with Crippen molar-refractivity contribution in [2.24, 2.45) is 0 Å². The van der Waals surface area contributed by atoms with Crippen LogP contribution in [0.5, 0.6) is 0 Å². The second-order valence-corrected chi connectivity index (χ2v) is 4.87. The van der Waals surface area contributed by atoms with Crippen LogP contribution in [0.4, 0.5) is 10.9 Å². The van der Waals surface area contributed by atoms with E-state index in [1.54, 1.807) is 7.11 Å². The molecule has 0 aliphatic rings. The third kappa shape index (κ3) is 5.41. The van der Waals surface area contributed by atoms with Crippen molar-refractivity contribution in [1.82, 2.24) is 15.6 Å². The zero-order valence-corrected chi connectivity index (χ0v) is 12.1. The fraction of sp³-hybridized carbons (Fsp3) is 0.636. The molecule has 0 spiro atoms. The lowest BCUT2D eigenvalue weighted by Gasteiger charge is -2.03. The second kappa shape index (κ2) is 8.68. The molecule has 19 heavy (non-hydrogen) atoms. The van der Waals surface area contributed by atoms with Crippen molar-refractivity contribution < 1.29 is 9.53 Å². The minimum Gasteiger partial charge on any atom is -0.383 e. The number of nitrogens with one attached hydrogen (secondary N) is 3. The number of nitrogens with two attached hydrogens (primary N) is 1. The van der Waals surface area contributed by atoms with E-state index < -0.39 is 0 Å². The molecule has 1 rings (SSSR count). The summed E-state index contributed by atoms with van der Waals surface area (Å²) >= 11 is 1.25. The van der Waals surface area contributed by atoms with Gasteiger partial charge in [-0.1, -0.05) is 11.3 Å². The quantitative estimate of drug-likeness (QED) is 0.481. The average molecular weight is 287 g/mol. The number of aromatic nitrogens is 1. The molecule has 0 fully saturated rings. The Bertz CT molecular complexity index is 396. The number of hydrogen-bond acceptors (Lipinski definition) is 7. The molecule has 1 aromatic heterocycles. The van der Waals surface area contributed by atoms with E-state index in [1.807, 2.05) is 7.05 Å². The van der Waals surface area contributed by atoms with Crippen molar-refractivity contribution in [2.75, 3.05) is 51.4 Å². The van der Waals surface area contributed by atoms with Crippen LogP contribution in [0.25, 0.3) is 0 Å². The van der Waals surface area contributed by atoms with Gasteiger partial charge in [0.05, 0.1) is 6.61 Å². The highest BCUT2D eigenvalue weighted by molar-refractivity contribution is 7.18. The summed E-state index contributed by atoms with van der Waals surface area (Å²) in [5.41, 5.74) is 5.73. The van der Waals surface area contributed by atoms with Gasteiger partial charge in [-0.15, -0.1) is 0 Å². The maximum atomic E-state index is 11.9. The van der Waals surface area contributed by atoms with E-state index in [0.717, 1.165) is 13.0 Å². The van der Waals surface area contributed by atoms with E-state index in [1.165, 1.54) is 11.3 Å². The van der Waals surface area contributed by atoms with Gasteiger partial charge in [0.15, 0.2) is 5.13 Å². The molecule has 1 heterocycles. The van der Waals surface area contributed by atoms with Crippen LogP contribution in [0, 0.1) is 0 Å². The Morgan fingerprint density at radius 3 is 2.89 bits per heavy atom. The van der Waals surface area contributed by atoms with Gasteiger partial charge in [-0.3, -0.25) is 4.79 Å². The van der Waals surface area contributed by atoms with E-state index in [0.29, 0.717) is 29.7 Å². The van der Waals surface area contributed by atoms with Crippen LogP contribution in [0.1, 0.15) is 16.1 Å². The van der Waals surface area contributed by atoms with Gasteiger partial charge in [-0.25, -0.2) is 4.98 Å². The molecule has 0 aliphatic carbocycles. The zero-order chi connectivity index (χ0) is 14.1. The molecule has 0 saturated carbocycles. The summed E-state index contributed by atoms with van der Waals surface area (Å²) in [7, 11) is 3.50. The van der Waals surface area contributed by atoms with Gasteiger partial charge in [0, 0.05) is 20.2 Å². The highest BCUT2D eigenvalue weighted by Gasteiger charge is 2.15. The predicted octanol–water partition coefficient (Wildman–Crippen LogP) is 0.123. The van der Waals surface area contributed by atoms with Gasteiger partial charge in [0.2, 0.25) is 0 Å². The van der Waals surface area contributed by atoms with Gasteiger partial charge in [-0.2, -0.15) is 0 Å². The van der Waals surface area contributed by atoms with Crippen molar-refractivity contribution in [1.29, 1.82) is 0 Å². The first-order chi connectivity index (χ1) is 9.19. The van der Waals surface area contributed by atoms with Gasteiger partial charge >= 0.3 is 0 Å².